The molecule has 0 bridgehead atoms. The van der Waals surface area contributed by atoms with Gasteiger partial charge in [-0.05, 0) is 34.1 Å². The van der Waals surface area contributed by atoms with Crippen molar-refractivity contribution in [1.29, 1.82) is 0 Å². The van der Waals surface area contributed by atoms with Crippen molar-refractivity contribution in [2.75, 3.05) is 17.7 Å². The molecular formula is C13H12BrClN2O2S. The van der Waals surface area contributed by atoms with E-state index in [9.17, 15) is 9.90 Å². The highest BCUT2D eigenvalue weighted by Gasteiger charge is 2.18. The summed E-state index contributed by atoms with van der Waals surface area (Å²) in [6.07, 6.45) is 0. The summed E-state index contributed by atoms with van der Waals surface area (Å²) >= 11 is 11.1. The number of carboxylic acids is 1. The number of hydrogen-bond acceptors (Lipinski definition) is 4. The Balaban J connectivity index is 2.38. The highest BCUT2D eigenvalue weighted by atomic mass is 79.9. The van der Waals surface area contributed by atoms with Gasteiger partial charge in [-0.25, -0.2) is 4.79 Å². The van der Waals surface area contributed by atoms with E-state index in [-0.39, 0.29) is 5.56 Å². The number of aromatic carboxylic acids is 1. The molecule has 7 heteroatoms. The number of benzene rings is 1. The quantitative estimate of drug-likeness (QED) is 0.790. The minimum absolute atomic E-state index is 0.105. The fourth-order valence-electron chi connectivity index (χ4n) is 1.92. The molecule has 0 saturated heterocycles. The molecule has 1 aromatic heterocycles. The summed E-state index contributed by atoms with van der Waals surface area (Å²) in [5.74, 6) is -1.05. The molecule has 2 aromatic rings. The third-order valence-corrected chi connectivity index (χ3v) is 4.68. The van der Waals surface area contributed by atoms with Gasteiger partial charge in [-0.1, -0.05) is 11.6 Å². The van der Waals surface area contributed by atoms with Crippen LogP contribution in [0, 0.1) is 0 Å². The highest BCUT2D eigenvalue weighted by molar-refractivity contribution is 9.10. The van der Waals surface area contributed by atoms with Gasteiger partial charge in [0, 0.05) is 27.5 Å². The van der Waals surface area contributed by atoms with Crippen molar-refractivity contribution < 1.29 is 9.90 Å². The molecule has 0 spiro atoms. The maximum absolute atomic E-state index is 11.3. The van der Waals surface area contributed by atoms with Gasteiger partial charge in [-0.3, -0.25) is 0 Å². The van der Waals surface area contributed by atoms with E-state index in [0.29, 0.717) is 22.9 Å². The van der Waals surface area contributed by atoms with Crippen molar-refractivity contribution in [3.05, 3.63) is 43.5 Å². The monoisotopic (exact) mass is 374 g/mol. The predicted octanol–water partition coefficient (Wildman–Crippen LogP) is 4.08. The largest absolute Gasteiger partial charge is 0.478 e. The number of nitrogen functional groups attached to an aromatic ring is 1. The first-order valence-electron chi connectivity index (χ1n) is 5.65. The van der Waals surface area contributed by atoms with Gasteiger partial charge in [0.2, 0.25) is 0 Å². The molecule has 2 rings (SSSR count). The lowest BCUT2D eigenvalue weighted by Gasteiger charge is -2.22. The first kappa shape index (κ1) is 15.2. The van der Waals surface area contributed by atoms with Gasteiger partial charge < -0.3 is 15.7 Å². The van der Waals surface area contributed by atoms with Crippen molar-refractivity contribution in [3.63, 3.8) is 0 Å². The molecule has 4 nitrogen and oxygen atoms in total. The van der Waals surface area contributed by atoms with Crippen LogP contribution in [0.3, 0.4) is 0 Å². The Morgan fingerprint density at radius 1 is 1.50 bits per heavy atom. The van der Waals surface area contributed by atoms with E-state index in [1.54, 1.807) is 24.5 Å². The standard InChI is InChI=1S/C13H12BrClN2O2S/c1-17(5-9-2-7(14)6-20-9)12-10(13(18)19)3-8(16)4-11(12)15/h2-4,6H,5,16H2,1H3,(H,18,19). The summed E-state index contributed by atoms with van der Waals surface area (Å²) in [7, 11) is 1.80. The van der Waals surface area contributed by atoms with E-state index in [2.05, 4.69) is 15.9 Å². The molecule has 0 aliphatic rings. The van der Waals surface area contributed by atoms with Crippen LogP contribution in [0.15, 0.2) is 28.1 Å². The van der Waals surface area contributed by atoms with Crippen molar-refractivity contribution >= 4 is 56.2 Å². The van der Waals surface area contributed by atoms with Gasteiger partial charge in [0.05, 0.1) is 22.8 Å². The molecule has 0 atom stereocenters. The van der Waals surface area contributed by atoms with Crippen LogP contribution in [0.4, 0.5) is 11.4 Å². The fourth-order valence-corrected chi connectivity index (χ4v) is 3.80. The van der Waals surface area contributed by atoms with E-state index in [1.807, 2.05) is 16.3 Å². The van der Waals surface area contributed by atoms with Gasteiger partial charge >= 0.3 is 5.97 Å². The van der Waals surface area contributed by atoms with Crippen molar-refractivity contribution in [2.45, 2.75) is 6.54 Å². The molecule has 0 radical (unpaired) electrons. The second-order valence-electron chi connectivity index (χ2n) is 4.29. The summed E-state index contributed by atoms with van der Waals surface area (Å²) in [6.45, 7) is 0.570. The Morgan fingerprint density at radius 2 is 2.20 bits per heavy atom. The zero-order valence-electron chi connectivity index (χ0n) is 10.6. The maximum atomic E-state index is 11.3. The second kappa shape index (κ2) is 6.03. The predicted molar refractivity (Wildman–Crippen MR) is 86.9 cm³/mol. The SMILES string of the molecule is CN(Cc1cc(Br)cs1)c1c(Cl)cc(N)cc1C(=O)O. The number of nitrogens with zero attached hydrogens (tertiary/aromatic N) is 1. The molecule has 0 amide bonds. The molecule has 20 heavy (non-hydrogen) atoms. The zero-order valence-corrected chi connectivity index (χ0v) is 13.7. The molecule has 0 saturated carbocycles. The Hall–Kier alpha value is -1.24. The molecule has 106 valence electrons. The summed E-state index contributed by atoms with van der Waals surface area (Å²) < 4.78 is 1.01. The van der Waals surface area contributed by atoms with Gasteiger partial charge in [0.25, 0.3) is 0 Å². The van der Waals surface area contributed by atoms with Crippen molar-refractivity contribution in [3.8, 4) is 0 Å². The van der Waals surface area contributed by atoms with E-state index in [4.69, 9.17) is 17.3 Å². The molecule has 0 aliphatic carbocycles. The maximum Gasteiger partial charge on any atom is 0.337 e. The minimum Gasteiger partial charge on any atom is -0.478 e. The molecule has 0 fully saturated rings. The lowest BCUT2D eigenvalue weighted by atomic mass is 10.1. The highest BCUT2D eigenvalue weighted by Crippen LogP contribution is 2.33. The molecule has 1 aromatic carbocycles. The number of carboxylic acid groups (broad SMARTS) is 1. The number of rotatable bonds is 4. The Morgan fingerprint density at radius 3 is 2.75 bits per heavy atom. The fraction of sp³-hybridized carbons (Fsp3) is 0.154. The lowest BCUT2D eigenvalue weighted by Crippen LogP contribution is -2.19. The first-order valence-corrected chi connectivity index (χ1v) is 7.70. The molecule has 3 N–H and O–H groups in total. The number of halogens is 2. The molecule has 0 unspecified atom stereocenters. The van der Waals surface area contributed by atoms with Crippen LogP contribution in [0.1, 0.15) is 15.2 Å². The normalized spacial score (nSPS) is 10.6. The number of nitrogens with two attached hydrogens (primary N) is 1. The van der Waals surface area contributed by atoms with Gasteiger partial charge in [0.1, 0.15) is 0 Å². The molecule has 0 aliphatic heterocycles. The van der Waals surface area contributed by atoms with E-state index in [1.165, 1.54) is 6.07 Å². The Bertz CT molecular complexity index is 660. The number of hydrogen-bond donors (Lipinski definition) is 2. The van der Waals surface area contributed by atoms with Gasteiger partial charge in [-0.15, -0.1) is 11.3 Å². The minimum atomic E-state index is -1.05. The van der Waals surface area contributed by atoms with E-state index in [0.717, 1.165) is 9.35 Å². The van der Waals surface area contributed by atoms with Crippen LogP contribution < -0.4 is 10.6 Å². The third kappa shape index (κ3) is 3.26. The summed E-state index contributed by atoms with van der Waals surface area (Å²) in [4.78, 5) is 14.3. The first-order chi connectivity index (χ1) is 9.38. The summed E-state index contributed by atoms with van der Waals surface area (Å²) in [5, 5.41) is 11.6. The van der Waals surface area contributed by atoms with E-state index < -0.39 is 5.97 Å². The van der Waals surface area contributed by atoms with Crippen LogP contribution >= 0.6 is 38.9 Å². The van der Waals surface area contributed by atoms with Crippen LogP contribution in [0.5, 0.6) is 0 Å². The number of carbonyl (C=O) groups is 1. The molecule has 1 heterocycles. The average Bonchev–Trinajstić information content (AvgIpc) is 2.73. The summed E-state index contributed by atoms with van der Waals surface area (Å²) in [5.41, 5.74) is 6.56. The topological polar surface area (TPSA) is 66.6 Å². The Labute approximate surface area is 133 Å². The van der Waals surface area contributed by atoms with Crippen LogP contribution in [-0.2, 0) is 6.54 Å². The van der Waals surface area contributed by atoms with Crippen LogP contribution in [-0.4, -0.2) is 18.1 Å². The van der Waals surface area contributed by atoms with Crippen LogP contribution in [0.25, 0.3) is 0 Å². The average molecular weight is 376 g/mol. The lowest BCUT2D eigenvalue weighted by molar-refractivity contribution is 0.0697. The van der Waals surface area contributed by atoms with Crippen molar-refractivity contribution in [1.82, 2.24) is 0 Å². The van der Waals surface area contributed by atoms with E-state index >= 15 is 0 Å². The Kier molecular flexibility index (Phi) is 4.57. The second-order valence-corrected chi connectivity index (χ2v) is 6.61. The third-order valence-electron chi connectivity index (χ3n) is 2.71. The number of thiophene rings is 1. The van der Waals surface area contributed by atoms with Gasteiger partial charge in [-0.2, -0.15) is 0 Å². The molecular weight excluding hydrogens is 364 g/mol. The smallest absolute Gasteiger partial charge is 0.337 e. The zero-order chi connectivity index (χ0) is 14.9. The number of anilines is 2. The van der Waals surface area contributed by atoms with Crippen LogP contribution in [0.2, 0.25) is 5.02 Å². The van der Waals surface area contributed by atoms with Gasteiger partial charge in [0.15, 0.2) is 0 Å². The summed E-state index contributed by atoms with van der Waals surface area (Å²) in [6, 6.07) is 4.97. The van der Waals surface area contributed by atoms with Crippen molar-refractivity contribution in [2.24, 2.45) is 0 Å².